The van der Waals surface area contributed by atoms with Gasteiger partial charge < -0.3 is 29.7 Å². The molecule has 1 aromatic rings. The number of ether oxygens (including phenoxy) is 3. The summed E-state index contributed by atoms with van der Waals surface area (Å²) in [5.41, 5.74) is -3.96. The Morgan fingerprint density at radius 1 is 0.905 bits per heavy atom. The molecule has 2 N–H and O–H groups in total. The van der Waals surface area contributed by atoms with E-state index in [1.807, 2.05) is 6.07 Å². The highest BCUT2D eigenvalue weighted by atomic mass is 16.6. The van der Waals surface area contributed by atoms with Crippen LogP contribution in [0.5, 0.6) is 0 Å². The Balaban J connectivity index is 3.64. The molecule has 0 bridgehead atoms. The molecule has 0 fully saturated rings. The van der Waals surface area contributed by atoms with Crippen molar-refractivity contribution in [3.05, 3.63) is 61.2 Å². The summed E-state index contributed by atoms with van der Waals surface area (Å²) in [6.07, 6.45) is 2.14. The molecule has 0 aliphatic heterocycles. The van der Waals surface area contributed by atoms with E-state index < -0.39 is 53.1 Å². The van der Waals surface area contributed by atoms with Gasteiger partial charge >= 0.3 is 18.0 Å². The van der Waals surface area contributed by atoms with E-state index in [1.54, 1.807) is 65.0 Å². The predicted octanol–water partition coefficient (Wildman–Crippen LogP) is 3.82. The summed E-state index contributed by atoms with van der Waals surface area (Å²) in [6, 6.07) is 8.95. The second-order valence-electron chi connectivity index (χ2n) is 10.7. The maximum absolute atomic E-state index is 14.2. The van der Waals surface area contributed by atoms with Crippen LogP contribution in [0.1, 0.15) is 66.4 Å². The molecule has 0 aliphatic rings. The molecule has 3 amide bonds. The predicted molar refractivity (Wildman–Crippen MR) is 158 cm³/mol. The third kappa shape index (κ3) is 10.0. The first-order valence-corrected chi connectivity index (χ1v) is 13.9. The number of amides is 3. The van der Waals surface area contributed by atoms with Crippen LogP contribution < -0.4 is 10.6 Å². The summed E-state index contributed by atoms with van der Waals surface area (Å²) >= 11 is 0. The van der Waals surface area contributed by atoms with E-state index >= 15 is 0 Å². The van der Waals surface area contributed by atoms with E-state index in [9.17, 15) is 24.0 Å². The van der Waals surface area contributed by atoms with Gasteiger partial charge in [0.15, 0.2) is 0 Å². The fraction of sp³-hybridized carbons (Fsp3) is 0.516. The van der Waals surface area contributed by atoms with E-state index in [1.165, 1.54) is 17.9 Å². The van der Waals surface area contributed by atoms with Gasteiger partial charge in [0.05, 0.1) is 13.2 Å². The van der Waals surface area contributed by atoms with Gasteiger partial charge in [-0.1, -0.05) is 42.5 Å². The van der Waals surface area contributed by atoms with Gasteiger partial charge in [0, 0.05) is 13.0 Å². The van der Waals surface area contributed by atoms with Crippen molar-refractivity contribution < 1.29 is 38.2 Å². The normalized spacial score (nSPS) is 12.6. The van der Waals surface area contributed by atoms with Crippen LogP contribution >= 0.6 is 0 Å². The number of alkyl carbamates (subject to hydrolysis) is 1. The molecule has 0 aromatic heterocycles. The zero-order valence-corrected chi connectivity index (χ0v) is 25.6. The van der Waals surface area contributed by atoms with Crippen molar-refractivity contribution in [1.29, 1.82) is 0 Å². The van der Waals surface area contributed by atoms with Gasteiger partial charge in [-0.25, -0.2) is 14.4 Å². The largest absolute Gasteiger partial charge is 0.464 e. The molecule has 0 spiro atoms. The Kier molecular flexibility index (Phi) is 14.0. The zero-order chi connectivity index (χ0) is 32.0. The highest BCUT2D eigenvalue weighted by Crippen LogP contribution is 2.28. The molecule has 1 unspecified atom stereocenters. The number of hydrogen-bond donors (Lipinski definition) is 2. The molecule has 42 heavy (non-hydrogen) atoms. The summed E-state index contributed by atoms with van der Waals surface area (Å²) in [7, 11) is 0. The Morgan fingerprint density at radius 2 is 1.48 bits per heavy atom. The average Bonchev–Trinajstić information content (AvgIpc) is 2.92. The van der Waals surface area contributed by atoms with Gasteiger partial charge in [0.2, 0.25) is 17.4 Å². The third-order valence-corrected chi connectivity index (χ3v) is 6.21. The topological polar surface area (TPSA) is 140 Å². The smallest absolute Gasteiger partial charge is 0.408 e. The van der Waals surface area contributed by atoms with E-state index in [-0.39, 0.29) is 32.6 Å². The Hall–Kier alpha value is -4.15. The fourth-order valence-corrected chi connectivity index (χ4v) is 4.07. The second kappa shape index (κ2) is 16.3. The van der Waals surface area contributed by atoms with E-state index in [0.29, 0.717) is 12.0 Å². The van der Waals surface area contributed by atoms with Crippen molar-refractivity contribution in [2.24, 2.45) is 0 Å². The van der Waals surface area contributed by atoms with Gasteiger partial charge in [-0.05, 0) is 59.9 Å². The minimum Gasteiger partial charge on any atom is -0.464 e. The molecule has 0 aliphatic carbocycles. The van der Waals surface area contributed by atoms with Crippen LogP contribution in [0.15, 0.2) is 55.6 Å². The number of hydrogen-bond acceptors (Lipinski definition) is 8. The summed E-state index contributed by atoms with van der Waals surface area (Å²) in [6.45, 7) is 16.5. The van der Waals surface area contributed by atoms with Crippen LogP contribution in [-0.2, 0) is 39.9 Å². The summed E-state index contributed by atoms with van der Waals surface area (Å²) in [5, 5.41) is 5.01. The average molecular weight is 588 g/mol. The summed E-state index contributed by atoms with van der Waals surface area (Å²) in [5.74, 6) is -3.45. The van der Waals surface area contributed by atoms with Crippen molar-refractivity contribution in [3.63, 3.8) is 0 Å². The van der Waals surface area contributed by atoms with E-state index in [0.717, 1.165) is 0 Å². The van der Waals surface area contributed by atoms with Gasteiger partial charge in [0.25, 0.3) is 0 Å². The molecule has 0 saturated carbocycles. The van der Waals surface area contributed by atoms with Crippen LogP contribution in [0.4, 0.5) is 4.79 Å². The quantitative estimate of drug-likeness (QED) is 0.129. The highest BCUT2D eigenvalue weighted by molar-refractivity contribution is 6.09. The lowest BCUT2D eigenvalue weighted by atomic mass is 9.87. The van der Waals surface area contributed by atoms with Crippen molar-refractivity contribution in [1.82, 2.24) is 15.5 Å². The molecule has 11 heteroatoms. The Labute approximate surface area is 248 Å². The van der Waals surface area contributed by atoms with Gasteiger partial charge in [0.1, 0.15) is 17.7 Å². The third-order valence-electron chi connectivity index (χ3n) is 6.21. The summed E-state index contributed by atoms with van der Waals surface area (Å²) < 4.78 is 15.6. The number of nitrogens with one attached hydrogen (secondary N) is 2. The zero-order valence-electron chi connectivity index (χ0n) is 25.6. The molecule has 0 radical (unpaired) electrons. The van der Waals surface area contributed by atoms with E-state index in [2.05, 4.69) is 23.8 Å². The molecule has 11 nitrogen and oxygen atoms in total. The number of carbonyl (C=O) groups is 5. The molecule has 0 heterocycles. The van der Waals surface area contributed by atoms with E-state index in [4.69, 9.17) is 14.2 Å². The molecular weight excluding hydrogens is 542 g/mol. The standard InChI is InChI=1S/C31H45N3O8/c1-9-13-20-30(8,25(36)33-31(19-10-2,26(37)40-11-3)27(38)41-12-4)34(22-23-17-15-14-16-18-23)24(35)21-32-28(39)42-29(5,6)7/h9-10,14-18H,1-2,11-13,19-22H2,3-8H3,(H,32,39)(H,33,36). The van der Waals surface area contributed by atoms with Crippen LogP contribution in [-0.4, -0.2) is 71.2 Å². The van der Waals surface area contributed by atoms with Gasteiger partial charge in [-0.3, -0.25) is 9.59 Å². The number of rotatable bonds is 16. The second-order valence-corrected chi connectivity index (χ2v) is 10.7. The molecule has 1 atom stereocenters. The van der Waals surface area contributed by atoms with Crippen molar-refractivity contribution >= 4 is 29.8 Å². The fourth-order valence-electron chi connectivity index (χ4n) is 4.07. The minimum atomic E-state index is -2.24. The van der Waals surface area contributed by atoms with Gasteiger partial charge in [-0.15, -0.1) is 13.2 Å². The van der Waals surface area contributed by atoms with Crippen LogP contribution in [0.2, 0.25) is 0 Å². The first-order chi connectivity index (χ1) is 19.7. The number of allylic oxidation sites excluding steroid dienone is 1. The first-order valence-electron chi connectivity index (χ1n) is 13.9. The molecule has 0 saturated heterocycles. The molecule has 232 valence electrons. The number of nitrogens with zero attached hydrogens (tertiary/aromatic N) is 1. The van der Waals surface area contributed by atoms with Gasteiger partial charge in [-0.2, -0.15) is 0 Å². The highest BCUT2D eigenvalue weighted by Gasteiger charge is 2.53. The molecule has 1 rings (SSSR count). The van der Waals surface area contributed by atoms with Crippen LogP contribution in [0, 0.1) is 0 Å². The lowest BCUT2D eigenvalue weighted by Gasteiger charge is -2.42. The molecular formula is C31H45N3O8. The molecule has 1 aromatic carbocycles. The monoisotopic (exact) mass is 587 g/mol. The Morgan fingerprint density at radius 3 is 1.95 bits per heavy atom. The van der Waals surface area contributed by atoms with Crippen molar-refractivity contribution in [3.8, 4) is 0 Å². The minimum absolute atomic E-state index is 0.0238. The first kappa shape index (κ1) is 35.9. The number of esters is 2. The SMILES string of the molecule is C=CCCC(C)(C(=O)NC(CC=C)(C(=O)OCC)C(=O)OCC)N(Cc1ccccc1)C(=O)CNC(=O)OC(C)(C)C. The summed E-state index contributed by atoms with van der Waals surface area (Å²) in [4.78, 5) is 68.0. The lowest BCUT2D eigenvalue weighted by molar-refractivity contribution is -0.169. The number of benzene rings is 1. The van der Waals surface area contributed by atoms with Crippen LogP contribution in [0.3, 0.4) is 0 Å². The van der Waals surface area contributed by atoms with Crippen molar-refractivity contribution in [2.45, 2.75) is 84.0 Å². The number of carbonyl (C=O) groups excluding carboxylic acids is 5. The van der Waals surface area contributed by atoms with Crippen molar-refractivity contribution in [2.75, 3.05) is 19.8 Å². The lowest BCUT2D eigenvalue weighted by Crippen LogP contribution is -2.68. The maximum Gasteiger partial charge on any atom is 0.408 e. The Bertz CT molecular complexity index is 1090. The van der Waals surface area contributed by atoms with Crippen LogP contribution in [0.25, 0.3) is 0 Å². The maximum atomic E-state index is 14.2.